The minimum Gasteiger partial charge on any atom is -0.461 e. The molecule has 2 aromatic carbocycles. The summed E-state index contributed by atoms with van der Waals surface area (Å²) in [6, 6.07) is 12.6. The van der Waals surface area contributed by atoms with E-state index in [9.17, 15) is 18.0 Å². The second-order valence-corrected chi connectivity index (χ2v) is 9.11. The summed E-state index contributed by atoms with van der Waals surface area (Å²) in [5.41, 5.74) is 0.505. The van der Waals surface area contributed by atoms with Crippen LogP contribution in [0.5, 0.6) is 0 Å². The van der Waals surface area contributed by atoms with Crippen LogP contribution in [0.2, 0.25) is 0 Å². The zero-order chi connectivity index (χ0) is 19.0. The molecule has 0 amide bonds. The van der Waals surface area contributed by atoms with Crippen molar-refractivity contribution in [3.8, 4) is 0 Å². The molecule has 1 aliphatic rings. The van der Waals surface area contributed by atoms with Crippen molar-refractivity contribution in [1.29, 1.82) is 0 Å². The van der Waals surface area contributed by atoms with Gasteiger partial charge in [-0.2, -0.15) is 0 Å². The summed E-state index contributed by atoms with van der Waals surface area (Å²) in [4.78, 5) is 24.0. The molecule has 140 valence electrons. The Morgan fingerprint density at radius 3 is 2.78 bits per heavy atom. The fraction of sp³-hybridized carbons (Fsp3) is 0.300. The lowest BCUT2D eigenvalue weighted by Gasteiger charge is -2.11. The maximum Gasteiger partial charge on any atom is 0.336 e. The summed E-state index contributed by atoms with van der Waals surface area (Å²) < 4.78 is 33.7. The van der Waals surface area contributed by atoms with Gasteiger partial charge in [-0.1, -0.05) is 30.3 Å². The predicted octanol–water partition coefficient (Wildman–Crippen LogP) is 2.81. The Bertz CT molecular complexity index is 1190. The van der Waals surface area contributed by atoms with Crippen LogP contribution in [0.25, 0.3) is 21.7 Å². The Morgan fingerprint density at radius 2 is 2.00 bits per heavy atom. The molecule has 0 radical (unpaired) electrons. The van der Waals surface area contributed by atoms with Gasteiger partial charge in [0.15, 0.2) is 9.84 Å². The number of benzene rings is 2. The van der Waals surface area contributed by atoms with Gasteiger partial charge in [0, 0.05) is 23.4 Å². The van der Waals surface area contributed by atoms with E-state index in [2.05, 4.69) is 0 Å². The fourth-order valence-corrected chi connectivity index (χ4v) is 5.48. The van der Waals surface area contributed by atoms with Crippen LogP contribution in [0, 0.1) is 5.92 Å². The molecule has 1 fully saturated rings. The zero-order valence-electron chi connectivity index (χ0n) is 14.5. The summed E-state index contributed by atoms with van der Waals surface area (Å²) in [6.45, 7) is -0.0611. The van der Waals surface area contributed by atoms with Crippen molar-refractivity contribution in [3.63, 3.8) is 0 Å². The minimum atomic E-state index is -3.03. The first kappa shape index (κ1) is 17.7. The van der Waals surface area contributed by atoms with Crippen molar-refractivity contribution in [2.24, 2.45) is 5.92 Å². The van der Waals surface area contributed by atoms with Crippen LogP contribution in [-0.4, -0.2) is 25.9 Å². The van der Waals surface area contributed by atoms with Gasteiger partial charge in [-0.3, -0.25) is 4.79 Å². The number of fused-ring (bicyclic) bond motifs is 3. The largest absolute Gasteiger partial charge is 0.461 e. The number of esters is 1. The topological polar surface area (TPSA) is 90.6 Å². The molecule has 7 heteroatoms. The molecular weight excluding hydrogens is 368 g/mol. The number of ether oxygens (including phenoxy) is 1. The molecule has 0 N–H and O–H groups in total. The minimum absolute atomic E-state index is 0.0323. The third-order valence-corrected chi connectivity index (χ3v) is 6.72. The van der Waals surface area contributed by atoms with Crippen LogP contribution >= 0.6 is 0 Å². The summed E-state index contributed by atoms with van der Waals surface area (Å²) in [6.07, 6.45) is 0.555. The molecule has 1 saturated heterocycles. The van der Waals surface area contributed by atoms with Crippen LogP contribution in [-0.2, 0) is 26.0 Å². The first-order valence-electron chi connectivity index (χ1n) is 8.72. The van der Waals surface area contributed by atoms with Crippen LogP contribution in [0.1, 0.15) is 18.4 Å². The average Bonchev–Trinajstić information content (AvgIpc) is 2.97. The van der Waals surface area contributed by atoms with Gasteiger partial charge < -0.3 is 9.15 Å². The van der Waals surface area contributed by atoms with Crippen LogP contribution < -0.4 is 5.63 Å². The quantitative estimate of drug-likeness (QED) is 0.389. The average molecular weight is 386 g/mol. The first-order chi connectivity index (χ1) is 12.9. The molecule has 0 saturated carbocycles. The third kappa shape index (κ3) is 3.73. The number of hydrogen-bond donors (Lipinski definition) is 0. The highest BCUT2D eigenvalue weighted by Gasteiger charge is 2.29. The maximum absolute atomic E-state index is 12.1. The molecule has 27 heavy (non-hydrogen) atoms. The van der Waals surface area contributed by atoms with Crippen molar-refractivity contribution < 1.29 is 22.4 Å². The van der Waals surface area contributed by atoms with Gasteiger partial charge in [0.25, 0.3) is 0 Å². The Labute approximate surface area is 155 Å². The van der Waals surface area contributed by atoms with Crippen LogP contribution in [0.4, 0.5) is 0 Å². The highest BCUT2D eigenvalue weighted by atomic mass is 32.2. The van der Waals surface area contributed by atoms with Crippen molar-refractivity contribution >= 4 is 37.5 Å². The monoisotopic (exact) mass is 386 g/mol. The SMILES string of the molecule is O=C(CC1CCS(=O)(=O)C1)OCc1cc(=O)oc2ccc3ccccc3c12. The van der Waals surface area contributed by atoms with Crippen LogP contribution in [0.15, 0.2) is 51.7 Å². The third-order valence-electron chi connectivity index (χ3n) is 4.89. The molecule has 0 bridgehead atoms. The van der Waals surface area contributed by atoms with E-state index >= 15 is 0 Å². The summed E-state index contributed by atoms with van der Waals surface area (Å²) in [5.74, 6) is -0.494. The maximum atomic E-state index is 12.1. The lowest BCUT2D eigenvalue weighted by molar-refractivity contribution is -0.145. The van der Waals surface area contributed by atoms with E-state index in [1.165, 1.54) is 6.07 Å². The number of carbonyl (C=O) groups excluding carboxylic acids is 1. The Hall–Kier alpha value is -2.67. The first-order valence-corrected chi connectivity index (χ1v) is 10.5. The standard InChI is InChI=1S/C20H18O6S/c21-18(9-13-7-8-27(23,24)12-13)25-11-15-10-19(22)26-17-6-5-14-3-1-2-4-16(14)20(15)17/h1-6,10,13H,7-9,11-12H2. The molecule has 0 aliphatic carbocycles. The van der Waals surface area contributed by atoms with E-state index in [1.54, 1.807) is 6.07 Å². The van der Waals surface area contributed by atoms with Gasteiger partial charge >= 0.3 is 11.6 Å². The van der Waals surface area contributed by atoms with E-state index < -0.39 is 21.4 Å². The lowest BCUT2D eigenvalue weighted by Crippen LogP contribution is -2.13. The van der Waals surface area contributed by atoms with E-state index in [-0.39, 0.29) is 30.5 Å². The molecule has 1 aromatic heterocycles. The highest BCUT2D eigenvalue weighted by molar-refractivity contribution is 7.91. The van der Waals surface area contributed by atoms with Gasteiger partial charge in [-0.15, -0.1) is 0 Å². The molecule has 1 aliphatic heterocycles. The number of sulfone groups is 1. The Kier molecular flexibility index (Phi) is 4.47. The van der Waals surface area contributed by atoms with E-state index in [0.29, 0.717) is 17.6 Å². The molecule has 2 heterocycles. The summed E-state index contributed by atoms with van der Waals surface area (Å²) in [5, 5.41) is 2.64. The molecule has 0 spiro atoms. The van der Waals surface area contributed by atoms with E-state index in [0.717, 1.165) is 16.2 Å². The molecule has 4 rings (SSSR count). The highest BCUT2D eigenvalue weighted by Crippen LogP contribution is 2.28. The normalized spacial score (nSPS) is 18.7. The van der Waals surface area contributed by atoms with Gasteiger partial charge in [-0.05, 0) is 29.2 Å². The van der Waals surface area contributed by atoms with Gasteiger partial charge in [0.05, 0.1) is 11.5 Å². The molecule has 6 nitrogen and oxygen atoms in total. The van der Waals surface area contributed by atoms with Crippen molar-refractivity contribution in [2.45, 2.75) is 19.4 Å². The smallest absolute Gasteiger partial charge is 0.336 e. The van der Waals surface area contributed by atoms with E-state index in [1.807, 2.05) is 30.3 Å². The molecular formula is C20H18O6S. The summed E-state index contributed by atoms with van der Waals surface area (Å²) in [7, 11) is -3.03. The fourth-order valence-electron chi connectivity index (χ4n) is 3.62. The summed E-state index contributed by atoms with van der Waals surface area (Å²) >= 11 is 0. The molecule has 1 unspecified atom stereocenters. The van der Waals surface area contributed by atoms with Crippen molar-refractivity contribution in [3.05, 3.63) is 58.4 Å². The Morgan fingerprint density at radius 1 is 1.19 bits per heavy atom. The number of hydrogen-bond acceptors (Lipinski definition) is 6. The number of carbonyl (C=O) groups is 1. The van der Waals surface area contributed by atoms with Gasteiger partial charge in [0.1, 0.15) is 12.2 Å². The molecule has 3 aromatic rings. The second-order valence-electron chi connectivity index (χ2n) is 6.88. The zero-order valence-corrected chi connectivity index (χ0v) is 15.3. The second kappa shape index (κ2) is 6.81. The number of rotatable bonds is 4. The van der Waals surface area contributed by atoms with E-state index in [4.69, 9.17) is 9.15 Å². The van der Waals surface area contributed by atoms with Crippen molar-refractivity contribution in [1.82, 2.24) is 0 Å². The predicted molar refractivity (Wildman–Crippen MR) is 101 cm³/mol. The lowest BCUT2D eigenvalue weighted by atomic mass is 10.0. The van der Waals surface area contributed by atoms with Crippen LogP contribution in [0.3, 0.4) is 0 Å². The van der Waals surface area contributed by atoms with Gasteiger partial charge in [0.2, 0.25) is 0 Å². The van der Waals surface area contributed by atoms with Gasteiger partial charge in [-0.25, -0.2) is 13.2 Å². The Balaban J connectivity index is 1.59. The molecule has 1 atom stereocenters. The van der Waals surface area contributed by atoms with Crippen molar-refractivity contribution in [2.75, 3.05) is 11.5 Å².